The lowest BCUT2D eigenvalue weighted by Gasteiger charge is -2.26. The highest BCUT2D eigenvalue weighted by Gasteiger charge is 2.21. The van der Waals surface area contributed by atoms with E-state index in [9.17, 15) is 0 Å². The molecule has 0 atom stereocenters. The van der Waals surface area contributed by atoms with Gasteiger partial charge in [-0.3, -0.25) is 0 Å². The fourth-order valence-corrected chi connectivity index (χ4v) is 3.02. The maximum atomic E-state index is 6.40. The van der Waals surface area contributed by atoms with Gasteiger partial charge in [-0.25, -0.2) is 0 Å². The van der Waals surface area contributed by atoms with Gasteiger partial charge < -0.3 is 4.74 Å². The van der Waals surface area contributed by atoms with E-state index in [0.29, 0.717) is 0 Å². The molecule has 0 radical (unpaired) electrons. The molecule has 3 rings (SSSR count). The zero-order chi connectivity index (χ0) is 17.2. The van der Waals surface area contributed by atoms with Crippen LogP contribution in [0.2, 0.25) is 0 Å². The summed E-state index contributed by atoms with van der Waals surface area (Å²) in [6, 6.07) is 24.8. The van der Waals surface area contributed by atoms with Crippen LogP contribution in [-0.4, -0.2) is 5.60 Å². The first kappa shape index (κ1) is 16.7. The van der Waals surface area contributed by atoms with E-state index < -0.39 is 0 Å². The Bertz CT molecular complexity index is 818. The van der Waals surface area contributed by atoms with Crippen molar-refractivity contribution < 1.29 is 4.74 Å². The Hall–Kier alpha value is -2.19. The van der Waals surface area contributed by atoms with Gasteiger partial charge in [0.05, 0.1) is 0 Å². The molecule has 122 valence electrons. The lowest BCUT2D eigenvalue weighted by Crippen LogP contribution is -2.23. The number of hydrogen-bond acceptors (Lipinski definition) is 2. The molecule has 2 heteroatoms. The van der Waals surface area contributed by atoms with Crippen LogP contribution in [0.25, 0.3) is 22.3 Å². The summed E-state index contributed by atoms with van der Waals surface area (Å²) in [5, 5.41) is 0. The molecule has 0 aromatic heterocycles. The van der Waals surface area contributed by atoms with E-state index in [2.05, 4.69) is 51.1 Å². The maximum Gasteiger partial charge on any atom is 0.136 e. The standard InChI is InChI=1S/C22H22OS/c1-22(2,3)23-21-18(16-10-6-4-7-11-16)14-15-19(24)20(21)17-12-8-5-9-13-17/h4-15,24H,1-3H3. The first-order chi connectivity index (χ1) is 11.5. The van der Waals surface area contributed by atoms with Gasteiger partial charge in [0.25, 0.3) is 0 Å². The molecular formula is C22H22OS. The molecular weight excluding hydrogens is 312 g/mol. The van der Waals surface area contributed by atoms with E-state index in [1.54, 1.807) is 0 Å². The van der Waals surface area contributed by atoms with Crippen LogP contribution < -0.4 is 4.74 Å². The van der Waals surface area contributed by atoms with E-state index in [0.717, 1.165) is 32.9 Å². The first-order valence-corrected chi connectivity index (χ1v) is 8.56. The minimum absolute atomic E-state index is 0.297. The summed E-state index contributed by atoms with van der Waals surface area (Å²) in [7, 11) is 0. The molecule has 0 aliphatic rings. The summed E-state index contributed by atoms with van der Waals surface area (Å²) in [5.74, 6) is 0.882. The molecule has 0 spiro atoms. The Morgan fingerprint density at radius 2 is 1.25 bits per heavy atom. The minimum Gasteiger partial charge on any atom is -0.487 e. The predicted molar refractivity (Wildman–Crippen MR) is 105 cm³/mol. The highest BCUT2D eigenvalue weighted by Crippen LogP contribution is 2.44. The third-order valence-corrected chi connectivity index (χ3v) is 4.06. The summed E-state index contributed by atoms with van der Waals surface area (Å²) < 4.78 is 6.40. The average molecular weight is 334 g/mol. The van der Waals surface area contributed by atoms with Gasteiger partial charge in [0, 0.05) is 16.0 Å². The second-order valence-electron chi connectivity index (χ2n) is 6.78. The molecule has 0 N–H and O–H groups in total. The average Bonchev–Trinajstić information content (AvgIpc) is 2.55. The highest BCUT2D eigenvalue weighted by atomic mass is 32.1. The molecule has 0 fully saturated rings. The Labute approximate surface area is 149 Å². The second-order valence-corrected chi connectivity index (χ2v) is 7.26. The Kier molecular flexibility index (Phi) is 4.68. The predicted octanol–water partition coefficient (Wildman–Crippen LogP) is 6.49. The largest absolute Gasteiger partial charge is 0.487 e. The van der Waals surface area contributed by atoms with Gasteiger partial charge >= 0.3 is 0 Å². The smallest absolute Gasteiger partial charge is 0.136 e. The van der Waals surface area contributed by atoms with Gasteiger partial charge in [0.15, 0.2) is 0 Å². The second kappa shape index (κ2) is 6.74. The van der Waals surface area contributed by atoms with Gasteiger partial charge in [0.2, 0.25) is 0 Å². The normalized spacial score (nSPS) is 11.3. The van der Waals surface area contributed by atoms with Crippen molar-refractivity contribution >= 4 is 12.6 Å². The van der Waals surface area contributed by atoms with Crippen molar-refractivity contribution in [2.75, 3.05) is 0 Å². The molecule has 0 amide bonds. The first-order valence-electron chi connectivity index (χ1n) is 8.11. The molecule has 3 aromatic rings. The molecule has 3 aromatic carbocycles. The third-order valence-electron chi connectivity index (χ3n) is 3.69. The van der Waals surface area contributed by atoms with Crippen molar-refractivity contribution in [1.29, 1.82) is 0 Å². The molecule has 0 bridgehead atoms. The van der Waals surface area contributed by atoms with Crippen molar-refractivity contribution in [1.82, 2.24) is 0 Å². The van der Waals surface area contributed by atoms with Crippen LogP contribution in [0, 0.1) is 0 Å². The van der Waals surface area contributed by atoms with Crippen molar-refractivity contribution in [3.05, 3.63) is 72.8 Å². The molecule has 0 aliphatic carbocycles. The summed E-state index contributed by atoms with van der Waals surface area (Å²) in [6.07, 6.45) is 0. The molecule has 0 unspecified atom stereocenters. The van der Waals surface area contributed by atoms with Crippen LogP contribution in [0.3, 0.4) is 0 Å². The summed E-state index contributed by atoms with van der Waals surface area (Å²) in [5.41, 5.74) is 4.08. The SMILES string of the molecule is CC(C)(C)Oc1c(-c2ccccc2)ccc(S)c1-c1ccccc1. The minimum atomic E-state index is -0.297. The molecule has 24 heavy (non-hydrogen) atoms. The lowest BCUT2D eigenvalue weighted by molar-refractivity contribution is 0.132. The van der Waals surface area contributed by atoms with Crippen LogP contribution in [0.4, 0.5) is 0 Å². The number of benzene rings is 3. The fourth-order valence-electron chi connectivity index (χ4n) is 2.71. The van der Waals surface area contributed by atoms with Crippen LogP contribution in [0.1, 0.15) is 20.8 Å². The quantitative estimate of drug-likeness (QED) is 0.539. The number of hydrogen-bond donors (Lipinski definition) is 1. The van der Waals surface area contributed by atoms with E-state index in [-0.39, 0.29) is 5.60 Å². The molecule has 1 nitrogen and oxygen atoms in total. The Balaban J connectivity index is 2.28. The summed E-state index contributed by atoms with van der Waals surface area (Å²) in [4.78, 5) is 0.917. The van der Waals surface area contributed by atoms with Gasteiger partial charge in [-0.2, -0.15) is 0 Å². The van der Waals surface area contributed by atoms with Gasteiger partial charge in [0.1, 0.15) is 11.4 Å². The molecule has 0 saturated carbocycles. The fraction of sp³-hybridized carbons (Fsp3) is 0.182. The van der Waals surface area contributed by atoms with Crippen molar-refractivity contribution in [2.24, 2.45) is 0 Å². The van der Waals surface area contributed by atoms with Gasteiger partial charge in [-0.15, -0.1) is 12.6 Å². The van der Waals surface area contributed by atoms with E-state index in [4.69, 9.17) is 17.4 Å². The number of ether oxygens (including phenoxy) is 1. The Morgan fingerprint density at radius 3 is 1.79 bits per heavy atom. The molecule has 0 saturated heterocycles. The molecule has 0 heterocycles. The van der Waals surface area contributed by atoms with Crippen LogP contribution in [0.5, 0.6) is 5.75 Å². The maximum absolute atomic E-state index is 6.40. The topological polar surface area (TPSA) is 9.23 Å². The van der Waals surface area contributed by atoms with Crippen molar-refractivity contribution in [3.8, 4) is 28.0 Å². The van der Waals surface area contributed by atoms with Crippen LogP contribution >= 0.6 is 12.6 Å². The van der Waals surface area contributed by atoms with E-state index in [1.165, 1.54) is 0 Å². The lowest BCUT2D eigenvalue weighted by atomic mass is 9.96. The van der Waals surface area contributed by atoms with Crippen molar-refractivity contribution in [2.45, 2.75) is 31.3 Å². The zero-order valence-electron chi connectivity index (χ0n) is 14.3. The van der Waals surface area contributed by atoms with Gasteiger partial charge in [-0.1, -0.05) is 60.7 Å². The van der Waals surface area contributed by atoms with E-state index >= 15 is 0 Å². The molecule has 0 aliphatic heterocycles. The Morgan fingerprint density at radius 1 is 0.708 bits per heavy atom. The number of rotatable bonds is 3. The van der Waals surface area contributed by atoms with Crippen molar-refractivity contribution in [3.63, 3.8) is 0 Å². The van der Waals surface area contributed by atoms with Crippen LogP contribution in [-0.2, 0) is 0 Å². The van der Waals surface area contributed by atoms with Crippen LogP contribution in [0.15, 0.2) is 77.7 Å². The third kappa shape index (κ3) is 3.65. The zero-order valence-corrected chi connectivity index (χ0v) is 15.2. The summed E-state index contributed by atoms with van der Waals surface area (Å²) in [6.45, 7) is 6.21. The number of thiol groups is 1. The highest BCUT2D eigenvalue weighted by molar-refractivity contribution is 7.80. The van der Waals surface area contributed by atoms with E-state index in [1.807, 2.05) is 42.5 Å². The van der Waals surface area contributed by atoms with Gasteiger partial charge in [-0.05, 0) is 44.0 Å². The monoisotopic (exact) mass is 334 g/mol. The summed E-state index contributed by atoms with van der Waals surface area (Å²) >= 11 is 4.71.